The largest absolute Gasteiger partial charge is 0.493 e. The van der Waals surface area contributed by atoms with Gasteiger partial charge < -0.3 is 27.7 Å². The van der Waals surface area contributed by atoms with Crippen molar-refractivity contribution in [1.29, 1.82) is 0 Å². The van der Waals surface area contributed by atoms with Crippen LogP contribution in [0.3, 0.4) is 0 Å². The van der Waals surface area contributed by atoms with E-state index < -0.39 is 7.12 Å². The highest BCUT2D eigenvalue weighted by atomic mass is 79.9. The Bertz CT molecular complexity index is 6350. The topological polar surface area (TPSA) is 145 Å². The Balaban J connectivity index is 0.000000111. The van der Waals surface area contributed by atoms with E-state index in [1.54, 1.807) is 0 Å². The molecule has 0 aliphatic heterocycles. The van der Waals surface area contributed by atoms with Crippen LogP contribution in [0.25, 0.3) is 187 Å². The molecule has 20 rings (SSSR count). The molecule has 0 saturated heterocycles. The molecule has 10 nitrogen and oxygen atoms in total. The van der Waals surface area contributed by atoms with E-state index >= 15 is 0 Å². The lowest BCUT2D eigenvalue weighted by Crippen LogP contribution is -2.30. The summed E-state index contributed by atoms with van der Waals surface area (Å²) in [5.41, 5.74) is 15.8. The molecule has 6 aromatic heterocycles. The van der Waals surface area contributed by atoms with E-state index in [4.69, 9.17) is 37.6 Å². The number of para-hydroxylation sites is 4. The molecular formula is C80H46BBrN4O6. The molecule has 92 heavy (non-hydrogen) atoms. The summed E-state index contributed by atoms with van der Waals surface area (Å²) in [5, 5.41) is 36.7. The number of rotatable bonds is 4. The van der Waals surface area contributed by atoms with Crippen LogP contribution < -0.4 is 5.46 Å². The Morgan fingerprint density at radius 3 is 1.15 bits per heavy atom. The summed E-state index contributed by atoms with van der Waals surface area (Å²) < 4.78 is 25.9. The number of furan rings is 4. The molecule has 0 saturated carbocycles. The second-order valence-corrected chi connectivity index (χ2v) is 23.9. The molecule has 0 bridgehead atoms. The van der Waals surface area contributed by atoms with Gasteiger partial charge in [-0.15, -0.1) is 0 Å². The Morgan fingerprint density at radius 1 is 0.293 bits per heavy atom. The molecule has 20 aromatic rings. The van der Waals surface area contributed by atoms with Crippen LogP contribution in [-0.2, 0) is 0 Å². The molecule has 0 unspecified atom stereocenters. The maximum Gasteiger partial charge on any atom is 0.493 e. The van der Waals surface area contributed by atoms with Crippen molar-refractivity contribution in [3.8, 4) is 33.6 Å². The normalized spacial score (nSPS) is 11.9. The third kappa shape index (κ3) is 8.57. The summed E-state index contributed by atoms with van der Waals surface area (Å²) in [5.74, 6) is 0. The van der Waals surface area contributed by atoms with E-state index in [1.165, 1.54) is 21.5 Å². The highest BCUT2D eigenvalue weighted by Crippen LogP contribution is 2.46. The van der Waals surface area contributed by atoms with Crippen molar-refractivity contribution in [3.63, 3.8) is 0 Å². The first-order chi connectivity index (χ1) is 45.4. The van der Waals surface area contributed by atoms with Crippen LogP contribution in [0.15, 0.2) is 289 Å². The number of nitrogens with zero attached hydrogens (tertiary/aromatic N) is 4. The lowest BCUT2D eigenvalue weighted by atomic mass is 9.76. The van der Waals surface area contributed by atoms with E-state index in [0.29, 0.717) is 33.2 Å². The van der Waals surface area contributed by atoms with Gasteiger partial charge in [0.2, 0.25) is 0 Å². The maximum atomic E-state index is 9.98. The molecule has 2 N–H and O–H groups in total. The second-order valence-electron chi connectivity index (χ2n) is 23.0. The van der Waals surface area contributed by atoms with Gasteiger partial charge in [-0.3, -0.25) is 9.97 Å². The van der Waals surface area contributed by atoms with Crippen molar-refractivity contribution in [2.24, 2.45) is 0 Å². The molecule has 432 valence electrons. The van der Waals surface area contributed by atoms with Gasteiger partial charge in [-0.25, -0.2) is 9.97 Å². The van der Waals surface area contributed by atoms with Gasteiger partial charge in [0, 0.05) is 91.3 Å². The molecule has 0 aliphatic rings. The lowest BCUT2D eigenvalue weighted by molar-refractivity contribution is 0.426. The number of fused-ring (bicyclic) bond motifs is 24. The van der Waals surface area contributed by atoms with Crippen molar-refractivity contribution < 1.29 is 27.7 Å². The van der Waals surface area contributed by atoms with E-state index in [0.717, 1.165) is 142 Å². The zero-order valence-corrected chi connectivity index (χ0v) is 50.3. The zero-order valence-electron chi connectivity index (χ0n) is 48.7. The first kappa shape index (κ1) is 53.5. The van der Waals surface area contributed by atoms with Gasteiger partial charge >= 0.3 is 7.12 Å². The second kappa shape index (κ2) is 21.3. The fourth-order valence-electron chi connectivity index (χ4n) is 13.7. The number of halogens is 1. The van der Waals surface area contributed by atoms with Gasteiger partial charge in [0.25, 0.3) is 0 Å². The van der Waals surface area contributed by atoms with Gasteiger partial charge in [-0.2, -0.15) is 0 Å². The smallest absolute Gasteiger partial charge is 0.456 e. The van der Waals surface area contributed by atoms with Crippen LogP contribution in [0, 0.1) is 0 Å². The van der Waals surface area contributed by atoms with Crippen LogP contribution in [0.4, 0.5) is 0 Å². The van der Waals surface area contributed by atoms with E-state index in [9.17, 15) is 10.0 Å². The molecule has 0 spiro atoms. The molecule has 6 heterocycles. The van der Waals surface area contributed by atoms with Crippen LogP contribution in [0.5, 0.6) is 0 Å². The van der Waals surface area contributed by atoms with Crippen molar-refractivity contribution >= 4 is 181 Å². The summed E-state index contributed by atoms with van der Waals surface area (Å²) in [6.07, 6.45) is 3.76. The van der Waals surface area contributed by atoms with Crippen molar-refractivity contribution in [2.45, 2.75) is 0 Å². The summed E-state index contributed by atoms with van der Waals surface area (Å²) in [7, 11) is -1.65. The van der Waals surface area contributed by atoms with Crippen molar-refractivity contribution in [3.05, 3.63) is 272 Å². The molecule has 0 fully saturated rings. The SMILES string of the molecule is Brc1cccc(-c2cnc3c4ccccc4c4ccccc4c3n2)c1.OB(O)c1c2oc3ccccc3c2cc2oc3ccccc3c12.c1cc(-c2cnc3c4ccccc4c4ccccc4c3n2)cc(-c2c3oc4ccccc4c3cc3oc4ccccc4c23)c1. The minimum Gasteiger partial charge on any atom is -0.456 e. The molecule has 14 aromatic carbocycles. The Labute approximate surface area is 531 Å². The molecule has 0 aliphatic carbocycles. The Kier molecular flexibility index (Phi) is 12.4. The van der Waals surface area contributed by atoms with Gasteiger partial charge in [0.1, 0.15) is 44.7 Å². The van der Waals surface area contributed by atoms with Crippen LogP contribution in [0.2, 0.25) is 0 Å². The van der Waals surface area contributed by atoms with E-state index in [-0.39, 0.29) is 0 Å². The fraction of sp³-hybridized carbons (Fsp3) is 0. The monoisotopic (exact) mass is 1250 g/mol. The number of hydrogen-bond donors (Lipinski definition) is 2. The van der Waals surface area contributed by atoms with Gasteiger partial charge in [0.05, 0.1) is 45.8 Å². The van der Waals surface area contributed by atoms with Gasteiger partial charge in [-0.1, -0.05) is 216 Å². The third-order valence-electron chi connectivity index (χ3n) is 17.7. The van der Waals surface area contributed by atoms with Gasteiger partial charge in [0.15, 0.2) is 0 Å². The summed E-state index contributed by atoms with van der Waals surface area (Å²) in [4.78, 5) is 20.0. The summed E-state index contributed by atoms with van der Waals surface area (Å²) >= 11 is 3.53. The minimum atomic E-state index is -1.65. The fourth-order valence-corrected chi connectivity index (χ4v) is 14.1. The maximum absolute atomic E-state index is 9.98. The van der Waals surface area contributed by atoms with E-state index in [1.807, 2.05) is 109 Å². The molecule has 0 radical (unpaired) electrons. The number of aromatic nitrogens is 4. The zero-order chi connectivity index (χ0) is 61.1. The van der Waals surface area contributed by atoms with Crippen molar-refractivity contribution in [1.82, 2.24) is 19.9 Å². The average molecular weight is 1250 g/mol. The Hall–Kier alpha value is -11.5. The first-order valence-corrected chi connectivity index (χ1v) is 31.0. The average Bonchev–Trinajstić information content (AvgIpc) is 1.41. The highest BCUT2D eigenvalue weighted by molar-refractivity contribution is 9.10. The van der Waals surface area contributed by atoms with Crippen LogP contribution in [-0.4, -0.2) is 37.1 Å². The minimum absolute atomic E-state index is 0.346. The summed E-state index contributed by atoms with van der Waals surface area (Å²) in [6, 6.07) is 86.0. The summed E-state index contributed by atoms with van der Waals surface area (Å²) in [6.45, 7) is 0. The lowest BCUT2D eigenvalue weighted by Gasteiger charge is -2.11. The predicted octanol–water partition coefficient (Wildman–Crippen LogP) is 20.6. The number of hydrogen-bond acceptors (Lipinski definition) is 10. The predicted molar refractivity (Wildman–Crippen MR) is 378 cm³/mol. The Morgan fingerprint density at radius 2 is 0.663 bits per heavy atom. The number of benzene rings is 14. The first-order valence-electron chi connectivity index (χ1n) is 30.2. The van der Waals surface area contributed by atoms with Crippen LogP contribution in [0.1, 0.15) is 0 Å². The highest BCUT2D eigenvalue weighted by Gasteiger charge is 2.27. The standard InChI is InChI=1S/C40H22N2O2.C22H13BrN2.C18H11BO4/c1-3-15-28-25(12-1)26-13-2-4-16-29(26)39-38(28)41-22-32(42-39)23-10-9-11-24(20-23)36-37-30-17-6-8-19-34(30)43-35(37)21-31-27-14-5-7-18-33(27)44-40(31)36;23-15-7-5-6-14(12-15)20-13-24-21-18-10-3-1-8-16(18)17-9-2-4-11-19(17)22(21)25-20;20-19(21)17-16-11-6-2-4-8-14(11)22-15(16)9-12-10-5-1-3-7-13(10)23-18(12)17/h1-22H;1-13H;1-9,20-21H. The van der Waals surface area contributed by atoms with Gasteiger partial charge in [-0.05, 0) is 81.7 Å². The van der Waals surface area contributed by atoms with Crippen molar-refractivity contribution in [2.75, 3.05) is 0 Å². The quantitative estimate of drug-likeness (QED) is 0.129. The molecule has 0 atom stereocenters. The van der Waals surface area contributed by atoms with E-state index in [2.05, 4.69) is 174 Å². The third-order valence-corrected chi connectivity index (χ3v) is 18.2. The molecule has 12 heteroatoms. The molecule has 0 amide bonds. The molecular weight excluding hydrogens is 1200 g/mol. The van der Waals surface area contributed by atoms with Crippen LogP contribution >= 0.6 is 15.9 Å².